The molecule has 104 valence electrons. The fourth-order valence-electron chi connectivity index (χ4n) is 1.87. The summed E-state index contributed by atoms with van der Waals surface area (Å²) < 4.78 is 0. The van der Waals surface area contributed by atoms with Gasteiger partial charge in [0.05, 0.1) is 4.92 Å². The number of rotatable bonds is 7. The van der Waals surface area contributed by atoms with Gasteiger partial charge in [0.2, 0.25) is 0 Å². The molecule has 0 aromatic heterocycles. The van der Waals surface area contributed by atoms with E-state index in [4.69, 9.17) is 11.5 Å². The highest BCUT2D eigenvalue weighted by Gasteiger charge is 2.35. The van der Waals surface area contributed by atoms with Crippen LogP contribution in [0.25, 0.3) is 0 Å². The van der Waals surface area contributed by atoms with Crippen LogP contribution in [-0.4, -0.2) is 28.1 Å². The van der Waals surface area contributed by atoms with Crippen molar-refractivity contribution in [3.05, 3.63) is 39.9 Å². The minimum Gasteiger partial charge on any atom is -0.480 e. The van der Waals surface area contributed by atoms with E-state index in [1.807, 2.05) is 0 Å². The molecule has 7 nitrogen and oxygen atoms in total. The molecule has 7 heteroatoms. The number of hydrogen-bond acceptors (Lipinski definition) is 5. The van der Waals surface area contributed by atoms with Gasteiger partial charge in [-0.05, 0) is 19.4 Å². The maximum Gasteiger partial charge on any atom is 0.324 e. The van der Waals surface area contributed by atoms with Gasteiger partial charge in [-0.15, -0.1) is 0 Å². The smallest absolute Gasteiger partial charge is 0.324 e. The molecule has 1 aromatic carbocycles. The lowest BCUT2D eigenvalue weighted by Gasteiger charge is -2.24. The summed E-state index contributed by atoms with van der Waals surface area (Å²) in [5.74, 6) is -1.18. The zero-order chi connectivity index (χ0) is 14.5. The number of nitrogens with two attached hydrogens (primary N) is 2. The van der Waals surface area contributed by atoms with E-state index in [0.717, 1.165) is 0 Å². The molecule has 1 aromatic rings. The van der Waals surface area contributed by atoms with E-state index in [9.17, 15) is 20.0 Å². The van der Waals surface area contributed by atoms with E-state index in [2.05, 4.69) is 0 Å². The summed E-state index contributed by atoms with van der Waals surface area (Å²) in [5.41, 5.74) is 9.86. The lowest BCUT2D eigenvalue weighted by Crippen LogP contribution is -2.50. The molecule has 0 heterocycles. The summed E-state index contributed by atoms with van der Waals surface area (Å²) in [6.45, 7) is 0.323. The Morgan fingerprint density at radius 3 is 2.58 bits per heavy atom. The van der Waals surface area contributed by atoms with E-state index < -0.39 is 16.4 Å². The molecule has 0 amide bonds. The molecule has 0 fully saturated rings. The molecular weight excluding hydrogens is 250 g/mol. The first-order chi connectivity index (χ1) is 8.90. The average Bonchev–Trinajstić information content (AvgIpc) is 2.36. The zero-order valence-electron chi connectivity index (χ0n) is 10.4. The Kier molecular flexibility index (Phi) is 4.96. The first-order valence-electron chi connectivity index (χ1n) is 5.85. The number of nitrogens with zero attached hydrogens (tertiary/aromatic N) is 1. The van der Waals surface area contributed by atoms with Gasteiger partial charge in [0.15, 0.2) is 0 Å². The quantitative estimate of drug-likeness (QED) is 0.491. The molecule has 0 radical (unpaired) electrons. The molecule has 1 atom stereocenters. The van der Waals surface area contributed by atoms with Crippen molar-refractivity contribution in [3.8, 4) is 0 Å². The van der Waals surface area contributed by atoms with Crippen LogP contribution in [0.5, 0.6) is 0 Å². The molecule has 0 spiro atoms. The van der Waals surface area contributed by atoms with Crippen LogP contribution in [0, 0.1) is 10.1 Å². The van der Waals surface area contributed by atoms with E-state index in [-0.39, 0.29) is 18.5 Å². The van der Waals surface area contributed by atoms with Gasteiger partial charge in [-0.1, -0.05) is 18.2 Å². The van der Waals surface area contributed by atoms with Gasteiger partial charge in [0.25, 0.3) is 5.69 Å². The number of nitro benzene ring substituents is 1. The number of hydrogen-bond donors (Lipinski definition) is 3. The third-order valence-corrected chi connectivity index (χ3v) is 2.95. The molecule has 0 unspecified atom stereocenters. The number of para-hydroxylation sites is 1. The van der Waals surface area contributed by atoms with Crippen molar-refractivity contribution in [3.63, 3.8) is 0 Å². The Morgan fingerprint density at radius 1 is 1.42 bits per heavy atom. The van der Waals surface area contributed by atoms with E-state index >= 15 is 0 Å². The summed E-state index contributed by atoms with van der Waals surface area (Å²) in [4.78, 5) is 21.6. The number of aliphatic carboxylic acids is 1. The fourth-order valence-corrected chi connectivity index (χ4v) is 1.87. The van der Waals surface area contributed by atoms with Gasteiger partial charge in [-0.25, -0.2) is 0 Å². The third kappa shape index (κ3) is 3.73. The summed E-state index contributed by atoms with van der Waals surface area (Å²) >= 11 is 0. The standard InChI is InChI=1S/C12H17N3O4/c13-7-3-6-12(14,11(16)17)8-9-4-1-2-5-10(9)15(18)19/h1-2,4-5H,3,6-8,13-14H2,(H,16,17)/t12-/m0/s1. The number of carbonyl (C=O) groups is 1. The lowest BCUT2D eigenvalue weighted by atomic mass is 9.87. The summed E-state index contributed by atoms with van der Waals surface area (Å²) in [5, 5.41) is 20.1. The van der Waals surface area contributed by atoms with Crippen LogP contribution in [0.4, 0.5) is 5.69 Å². The maximum absolute atomic E-state index is 11.3. The van der Waals surface area contributed by atoms with Crippen LogP contribution >= 0.6 is 0 Å². The van der Waals surface area contributed by atoms with Gasteiger partial charge in [-0.2, -0.15) is 0 Å². The largest absolute Gasteiger partial charge is 0.480 e. The number of carboxylic acids is 1. The Bertz CT molecular complexity index is 478. The molecule has 0 aliphatic carbocycles. The van der Waals surface area contributed by atoms with Crippen molar-refractivity contribution in [2.24, 2.45) is 11.5 Å². The number of carboxylic acid groups (broad SMARTS) is 1. The molecular formula is C12H17N3O4. The molecule has 0 saturated carbocycles. The normalized spacial score (nSPS) is 13.8. The van der Waals surface area contributed by atoms with Crippen LogP contribution in [0.2, 0.25) is 0 Å². The summed E-state index contributed by atoms with van der Waals surface area (Å²) in [7, 11) is 0. The van der Waals surface area contributed by atoms with Gasteiger partial charge < -0.3 is 16.6 Å². The van der Waals surface area contributed by atoms with Gasteiger partial charge in [-0.3, -0.25) is 14.9 Å². The minimum absolute atomic E-state index is 0.0977. The third-order valence-electron chi connectivity index (χ3n) is 2.95. The van der Waals surface area contributed by atoms with E-state index in [1.165, 1.54) is 18.2 Å². The van der Waals surface area contributed by atoms with Gasteiger partial charge in [0.1, 0.15) is 5.54 Å². The molecule has 0 aliphatic heterocycles. The Morgan fingerprint density at radius 2 is 2.05 bits per heavy atom. The van der Waals surface area contributed by atoms with Crippen LogP contribution in [0.1, 0.15) is 18.4 Å². The average molecular weight is 267 g/mol. The second-order valence-electron chi connectivity index (χ2n) is 4.42. The first-order valence-corrected chi connectivity index (χ1v) is 5.85. The van der Waals surface area contributed by atoms with Crippen molar-refractivity contribution in [2.75, 3.05) is 6.54 Å². The number of benzene rings is 1. The molecule has 5 N–H and O–H groups in total. The van der Waals surface area contributed by atoms with E-state index in [0.29, 0.717) is 18.5 Å². The van der Waals surface area contributed by atoms with Gasteiger partial charge >= 0.3 is 5.97 Å². The van der Waals surface area contributed by atoms with Crippen molar-refractivity contribution in [1.82, 2.24) is 0 Å². The Hall–Kier alpha value is -1.99. The van der Waals surface area contributed by atoms with Crippen LogP contribution in [0.3, 0.4) is 0 Å². The highest BCUT2D eigenvalue weighted by Crippen LogP contribution is 2.24. The van der Waals surface area contributed by atoms with Crippen molar-refractivity contribution >= 4 is 11.7 Å². The molecule has 0 bridgehead atoms. The highest BCUT2D eigenvalue weighted by molar-refractivity contribution is 5.79. The topological polar surface area (TPSA) is 132 Å². The van der Waals surface area contributed by atoms with Crippen molar-refractivity contribution in [1.29, 1.82) is 0 Å². The Balaban J connectivity index is 3.03. The second kappa shape index (κ2) is 6.26. The summed E-state index contributed by atoms with van der Waals surface area (Å²) in [6, 6.07) is 6.00. The second-order valence-corrected chi connectivity index (χ2v) is 4.42. The van der Waals surface area contributed by atoms with Crippen LogP contribution in [-0.2, 0) is 11.2 Å². The Labute approximate surface area is 110 Å². The molecule has 0 saturated heterocycles. The zero-order valence-corrected chi connectivity index (χ0v) is 10.4. The van der Waals surface area contributed by atoms with Crippen molar-refractivity contribution in [2.45, 2.75) is 24.8 Å². The minimum atomic E-state index is -1.54. The maximum atomic E-state index is 11.3. The van der Waals surface area contributed by atoms with Crippen molar-refractivity contribution < 1.29 is 14.8 Å². The number of nitro groups is 1. The molecule has 0 aliphatic rings. The SMILES string of the molecule is NCCC[C@](N)(Cc1ccccc1[N+](=O)[O-])C(=O)O. The summed E-state index contributed by atoms with van der Waals surface area (Å²) in [6.07, 6.45) is 0.522. The fraction of sp³-hybridized carbons (Fsp3) is 0.417. The van der Waals surface area contributed by atoms with Crippen LogP contribution < -0.4 is 11.5 Å². The molecule has 19 heavy (non-hydrogen) atoms. The predicted molar refractivity (Wildman–Crippen MR) is 69.6 cm³/mol. The highest BCUT2D eigenvalue weighted by atomic mass is 16.6. The lowest BCUT2D eigenvalue weighted by molar-refractivity contribution is -0.385. The van der Waals surface area contributed by atoms with Gasteiger partial charge in [0, 0.05) is 18.1 Å². The molecule has 1 rings (SSSR count). The monoisotopic (exact) mass is 267 g/mol. The predicted octanol–water partition coefficient (Wildman–Crippen LogP) is 0.658. The van der Waals surface area contributed by atoms with E-state index in [1.54, 1.807) is 6.07 Å². The van der Waals surface area contributed by atoms with Crippen LogP contribution in [0.15, 0.2) is 24.3 Å². The first kappa shape index (κ1) is 15.1.